The van der Waals surface area contributed by atoms with Gasteiger partial charge in [0.25, 0.3) is 0 Å². The van der Waals surface area contributed by atoms with Gasteiger partial charge in [0.1, 0.15) is 5.82 Å². The predicted molar refractivity (Wildman–Crippen MR) is 67.3 cm³/mol. The van der Waals surface area contributed by atoms with Crippen LogP contribution in [0.5, 0.6) is 0 Å². The van der Waals surface area contributed by atoms with Crippen molar-refractivity contribution in [2.45, 2.75) is 45.2 Å². The molecule has 88 valence electrons. The fourth-order valence-electron chi connectivity index (χ4n) is 2.40. The highest BCUT2D eigenvalue weighted by atomic mass is 15.0. The fraction of sp³-hybridized carbons (Fsp3) is 0.615. The van der Waals surface area contributed by atoms with E-state index in [1.54, 1.807) is 0 Å². The molecule has 0 aromatic carbocycles. The Hall–Kier alpha value is -1.09. The molecule has 2 rings (SSSR count). The standard InChI is InChI=1S/C13H21N3/c1-12(2)10(7-8-13(12,3)14)16-11-6-4-5-9-15-11/h4-6,9-10H,7-8,14H2,1-3H3,(H,15,16). The van der Waals surface area contributed by atoms with E-state index in [0.717, 1.165) is 18.7 Å². The maximum absolute atomic E-state index is 6.34. The molecule has 3 heteroatoms. The summed E-state index contributed by atoms with van der Waals surface area (Å²) in [5.74, 6) is 0.943. The zero-order valence-corrected chi connectivity index (χ0v) is 10.3. The molecule has 1 saturated carbocycles. The van der Waals surface area contributed by atoms with E-state index < -0.39 is 0 Å². The monoisotopic (exact) mass is 219 g/mol. The molecular weight excluding hydrogens is 198 g/mol. The van der Waals surface area contributed by atoms with Gasteiger partial charge in [-0.25, -0.2) is 4.98 Å². The molecule has 0 amide bonds. The van der Waals surface area contributed by atoms with Crippen LogP contribution < -0.4 is 11.1 Å². The van der Waals surface area contributed by atoms with E-state index in [2.05, 4.69) is 31.1 Å². The van der Waals surface area contributed by atoms with Gasteiger partial charge in [0.15, 0.2) is 0 Å². The lowest BCUT2D eigenvalue weighted by Crippen LogP contribution is -2.51. The molecule has 1 fully saturated rings. The Balaban J connectivity index is 2.13. The number of hydrogen-bond donors (Lipinski definition) is 2. The molecule has 3 N–H and O–H groups in total. The number of aromatic nitrogens is 1. The van der Waals surface area contributed by atoms with Gasteiger partial charge in [-0.05, 0) is 31.9 Å². The summed E-state index contributed by atoms with van der Waals surface area (Å²) in [6, 6.07) is 6.33. The van der Waals surface area contributed by atoms with E-state index >= 15 is 0 Å². The quantitative estimate of drug-likeness (QED) is 0.803. The first-order chi connectivity index (χ1) is 7.43. The van der Waals surface area contributed by atoms with E-state index in [1.807, 2.05) is 24.4 Å². The van der Waals surface area contributed by atoms with Crippen LogP contribution in [0.2, 0.25) is 0 Å². The number of rotatable bonds is 2. The van der Waals surface area contributed by atoms with E-state index in [9.17, 15) is 0 Å². The smallest absolute Gasteiger partial charge is 0.126 e. The van der Waals surface area contributed by atoms with Crippen molar-refractivity contribution in [1.29, 1.82) is 0 Å². The second kappa shape index (κ2) is 3.74. The van der Waals surface area contributed by atoms with E-state index in [0.29, 0.717) is 6.04 Å². The number of nitrogens with one attached hydrogen (secondary N) is 1. The summed E-state index contributed by atoms with van der Waals surface area (Å²) in [6.45, 7) is 6.62. The Morgan fingerprint density at radius 2 is 2.12 bits per heavy atom. The first kappa shape index (κ1) is 11.4. The van der Waals surface area contributed by atoms with Crippen molar-refractivity contribution < 1.29 is 0 Å². The first-order valence-corrected chi connectivity index (χ1v) is 5.90. The van der Waals surface area contributed by atoms with Gasteiger partial charge in [-0.1, -0.05) is 19.9 Å². The number of pyridine rings is 1. The second-order valence-electron chi connectivity index (χ2n) is 5.59. The maximum Gasteiger partial charge on any atom is 0.126 e. The number of hydrogen-bond acceptors (Lipinski definition) is 3. The molecule has 1 aromatic heterocycles. The lowest BCUT2D eigenvalue weighted by atomic mass is 9.75. The van der Waals surface area contributed by atoms with Crippen molar-refractivity contribution in [3.05, 3.63) is 24.4 Å². The SMILES string of the molecule is CC1(N)CCC(Nc2ccccn2)C1(C)C. The molecule has 16 heavy (non-hydrogen) atoms. The summed E-state index contributed by atoms with van der Waals surface area (Å²) in [5.41, 5.74) is 6.33. The van der Waals surface area contributed by atoms with Gasteiger partial charge in [-0.2, -0.15) is 0 Å². The third kappa shape index (κ3) is 1.80. The Bertz CT molecular complexity index is 357. The van der Waals surface area contributed by atoms with E-state index in [-0.39, 0.29) is 11.0 Å². The van der Waals surface area contributed by atoms with Crippen molar-refractivity contribution in [3.63, 3.8) is 0 Å². The predicted octanol–water partition coefficient (Wildman–Crippen LogP) is 2.40. The highest BCUT2D eigenvalue weighted by Gasteiger charge is 2.49. The second-order valence-corrected chi connectivity index (χ2v) is 5.59. The van der Waals surface area contributed by atoms with Crippen LogP contribution in [0.3, 0.4) is 0 Å². The third-order valence-corrected chi connectivity index (χ3v) is 4.28. The fourth-order valence-corrected chi connectivity index (χ4v) is 2.40. The molecule has 2 unspecified atom stereocenters. The van der Waals surface area contributed by atoms with Crippen LogP contribution in [0, 0.1) is 5.41 Å². The van der Waals surface area contributed by atoms with Gasteiger partial charge in [0.2, 0.25) is 0 Å². The molecule has 0 aliphatic heterocycles. The van der Waals surface area contributed by atoms with Crippen molar-refractivity contribution >= 4 is 5.82 Å². The Labute approximate surface area is 97.5 Å². The largest absolute Gasteiger partial charge is 0.367 e. The molecule has 2 atom stereocenters. The van der Waals surface area contributed by atoms with Gasteiger partial charge in [-0.3, -0.25) is 0 Å². The maximum atomic E-state index is 6.34. The first-order valence-electron chi connectivity index (χ1n) is 5.90. The van der Waals surface area contributed by atoms with E-state index in [1.165, 1.54) is 0 Å². The van der Waals surface area contributed by atoms with Crippen molar-refractivity contribution in [2.75, 3.05) is 5.32 Å². The minimum absolute atomic E-state index is 0.0878. The summed E-state index contributed by atoms with van der Waals surface area (Å²) in [6.07, 6.45) is 3.98. The van der Waals surface area contributed by atoms with Gasteiger partial charge in [0, 0.05) is 23.2 Å². The van der Waals surface area contributed by atoms with Gasteiger partial charge in [-0.15, -0.1) is 0 Å². The van der Waals surface area contributed by atoms with Crippen molar-refractivity contribution in [3.8, 4) is 0 Å². The van der Waals surface area contributed by atoms with Gasteiger partial charge in [0.05, 0.1) is 0 Å². The Morgan fingerprint density at radius 1 is 1.38 bits per heavy atom. The molecule has 0 spiro atoms. The zero-order valence-electron chi connectivity index (χ0n) is 10.3. The van der Waals surface area contributed by atoms with Crippen LogP contribution in [0.1, 0.15) is 33.6 Å². The van der Waals surface area contributed by atoms with Crippen LogP contribution in [-0.2, 0) is 0 Å². The van der Waals surface area contributed by atoms with Gasteiger partial charge >= 0.3 is 0 Å². The van der Waals surface area contributed by atoms with Crippen molar-refractivity contribution in [2.24, 2.45) is 11.1 Å². The molecule has 0 bridgehead atoms. The van der Waals surface area contributed by atoms with Crippen LogP contribution in [-0.4, -0.2) is 16.6 Å². The molecule has 0 saturated heterocycles. The molecule has 0 radical (unpaired) electrons. The summed E-state index contributed by atoms with van der Waals surface area (Å²) in [5, 5.41) is 3.50. The minimum atomic E-state index is -0.0978. The molecule has 1 heterocycles. The molecule has 1 aliphatic carbocycles. The average molecular weight is 219 g/mol. The van der Waals surface area contributed by atoms with Crippen LogP contribution >= 0.6 is 0 Å². The van der Waals surface area contributed by atoms with Crippen LogP contribution in [0.15, 0.2) is 24.4 Å². The van der Waals surface area contributed by atoms with Crippen LogP contribution in [0.4, 0.5) is 5.82 Å². The number of anilines is 1. The van der Waals surface area contributed by atoms with Crippen LogP contribution in [0.25, 0.3) is 0 Å². The number of nitrogens with zero attached hydrogens (tertiary/aromatic N) is 1. The Morgan fingerprint density at radius 3 is 2.62 bits per heavy atom. The lowest BCUT2D eigenvalue weighted by Gasteiger charge is -2.39. The third-order valence-electron chi connectivity index (χ3n) is 4.28. The summed E-state index contributed by atoms with van der Waals surface area (Å²) in [4.78, 5) is 4.30. The van der Waals surface area contributed by atoms with Crippen molar-refractivity contribution in [1.82, 2.24) is 4.98 Å². The summed E-state index contributed by atoms with van der Waals surface area (Å²) < 4.78 is 0. The summed E-state index contributed by atoms with van der Waals surface area (Å²) >= 11 is 0. The Kier molecular flexibility index (Phi) is 2.66. The average Bonchev–Trinajstić information content (AvgIpc) is 2.43. The number of nitrogens with two attached hydrogens (primary N) is 1. The highest BCUT2D eigenvalue weighted by molar-refractivity contribution is 5.36. The normalized spacial score (nSPS) is 32.6. The minimum Gasteiger partial charge on any atom is -0.367 e. The lowest BCUT2D eigenvalue weighted by molar-refractivity contribution is 0.215. The molecular formula is C13H21N3. The zero-order chi connectivity index (χ0) is 11.8. The molecule has 3 nitrogen and oxygen atoms in total. The molecule has 1 aromatic rings. The highest BCUT2D eigenvalue weighted by Crippen LogP contribution is 2.45. The topological polar surface area (TPSA) is 50.9 Å². The summed E-state index contributed by atoms with van der Waals surface area (Å²) in [7, 11) is 0. The molecule has 1 aliphatic rings. The van der Waals surface area contributed by atoms with Gasteiger partial charge < -0.3 is 11.1 Å². The van der Waals surface area contributed by atoms with E-state index in [4.69, 9.17) is 5.73 Å².